The Bertz CT molecular complexity index is 1960. The molecule has 11 nitrogen and oxygen atoms in total. The third kappa shape index (κ3) is 10.3. The lowest BCUT2D eigenvalue weighted by molar-refractivity contribution is -0.119. The maximum Gasteiger partial charge on any atom is 0.227 e. The number of nitrogens with one attached hydrogen (secondary N) is 2. The van der Waals surface area contributed by atoms with E-state index in [9.17, 15) is 4.79 Å². The smallest absolute Gasteiger partial charge is 0.227 e. The molecule has 53 heavy (non-hydrogen) atoms. The maximum atomic E-state index is 11.5. The predicted octanol–water partition coefficient (Wildman–Crippen LogP) is 7.45. The molecule has 0 unspecified atom stereocenters. The van der Waals surface area contributed by atoms with Crippen LogP contribution in [0.1, 0.15) is 58.9 Å². The van der Waals surface area contributed by atoms with Crippen LogP contribution in [0.2, 0.25) is 5.28 Å². The summed E-state index contributed by atoms with van der Waals surface area (Å²) in [6, 6.07) is 20.8. The number of likely N-dealkylation sites (N-methyl/N-ethyl adjacent to an activating group) is 1. The molecule has 2 aliphatic rings. The van der Waals surface area contributed by atoms with Crippen LogP contribution in [-0.4, -0.2) is 93.2 Å². The van der Waals surface area contributed by atoms with Gasteiger partial charge in [0.2, 0.25) is 17.1 Å². The van der Waals surface area contributed by atoms with Crippen LogP contribution in [0.5, 0.6) is 11.5 Å². The summed E-state index contributed by atoms with van der Waals surface area (Å²) in [6.07, 6.45) is 8.51. The van der Waals surface area contributed by atoms with Crippen LogP contribution in [0.4, 0.5) is 11.6 Å². The molecule has 0 spiro atoms. The lowest BCUT2D eigenvalue weighted by Gasteiger charge is -2.34. The summed E-state index contributed by atoms with van der Waals surface area (Å²) in [5.41, 5.74) is 3.43. The molecule has 5 aromatic rings. The van der Waals surface area contributed by atoms with Gasteiger partial charge in [-0.2, -0.15) is 0 Å². The summed E-state index contributed by atoms with van der Waals surface area (Å²) in [4.78, 5) is 34.0. The first-order chi connectivity index (χ1) is 25.6. The molecule has 0 atom stereocenters. The van der Waals surface area contributed by atoms with E-state index in [-0.39, 0.29) is 23.4 Å². The molecule has 0 aliphatic carbocycles. The third-order valence-electron chi connectivity index (χ3n) is 9.97. The second-order valence-corrected chi connectivity index (χ2v) is 14.6. The minimum absolute atomic E-state index is 0.00835. The van der Waals surface area contributed by atoms with Gasteiger partial charge in [-0.15, -0.1) is 0 Å². The second kappa shape index (κ2) is 18.0. The number of para-hydroxylation sites is 2. The Hall–Kier alpha value is -4.58. The minimum Gasteiger partial charge on any atom is -0.488 e. The van der Waals surface area contributed by atoms with Crippen LogP contribution < -0.4 is 20.1 Å². The number of fused-ring (bicyclic) bond motifs is 2. The number of hydrogen-bond acceptors (Lipinski definition) is 10. The Balaban J connectivity index is 0.000000198. The molecule has 4 heterocycles. The SMILES string of the molecule is CC(C)N1CCC(Oc2cccc3cnc(Cl)nc23)CC1.CNC(=O)Cc1ccc(Nc2ncc3cccc(OC4CCN(C(C)C)CC4)c3n2)cc1. The summed E-state index contributed by atoms with van der Waals surface area (Å²) in [7, 11) is 1.64. The van der Waals surface area contributed by atoms with Crippen LogP contribution >= 0.6 is 11.6 Å². The highest BCUT2D eigenvalue weighted by atomic mass is 35.5. The van der Waals surface area contributed by atoms with Crippen molar-refractivity contribution < 1.29 is 14.3 Å². The zero-order valence-corrected chi connectivity index (χ0v) is 32.1. The van der Waals surface area contributed by atoms with Crippen molar-refractivity contribution in [2.75, 3.05) is 38.5 Å². The van der Waals surface area contributed by atoms with E-state index in [1.165, 1.54) is 0 Å². The molecule has 2 aromatic heterocycles. The molecule has 280 valence electrons. The number of halogens is 1. The molecule has 2 N–H and O–H groups in total. The van der Waals surface area contributed by atoms with Gasteiger partial charge >= 0.3 is 0 Å². The van der Waals surface area contributed by atoms with Gasteiger partial charge in [0.15, 0.2) is 0 Å². The van der Waals surface area contributed by atoms with Gasteiger partial charge in [0.05, 0.1) is 6.42 Å². The van der Waals surface area contributed by atoms with Crippen LogP contribution in [-0.2, 0) is 11.2 Å². The van der Waals surface area contributed by atoms with E-state index in [0.29, 0.717) is 24.5 Å². The van der Waals surface area contributed by atoms with Gasteiger partial charge in [-0.05, 0) is 94.8 Å². The van der Waals surface area contributed by atoms with Crippen molar-refractivity contribution in [3.8, 4) is 11.5 Å². The highest BCUT2D eigenvalue weighted by molar-refractivity contribution is 6.28. The number of anilines is 2. The fourth-order valence-electron chi connectivity index (χ4n) is 6.77. The number of carbonyl (C=O) groups excluding carboxylic acids is 1. The van der Waals surface area contributed by atoms with E-state index in [2.05, 4.69) is 63.1 Å². The van der Waals surface area contributed by atoms with Gasteiger partial charge in [-0.25, -0.2) is 19.9 Å². The summed E-state index contributed by atoms with van der Waals surface area (Å²) in [5.74, 6) is 2.12. The molecular formula is C41H51ClN8O3. The van der Waals surface area contributed by atoms with Crippen molar-refractivity contribution in [3.63, 3.8) is 0 Å². The molecule has 2 fully saturated rings. The van der Waals surface area contributed by atoms with Gasteiger partial charge in [0.1, 0.15) is 34.7 Å². The molecule has 2 saturated heterocycles. The average molecular weight is 739 g/mol. The molecule has 7 rings (SSSR count). The Morgan fingerprint density at radius 1 is 0.755 bits per heavy atom. The first kappa shape index (κ1) is 38.2. The van der Waals surface area contributed by atoms with E-state index in [1.54, 1.807) is 13.2 Å². The van der Waals surface area contributed by atoms with Gasteiger partial charge in [0.25, 0.3) is 0 Å². The number of rotatable bonds is 10. The summed E-state index contributed by atoms with van der Waals surface area (Å²) < 4.78 is 12.6. The number of nitrogens with zero attached hydrogens (tertiary/aromatic N) is 6. The number of carbonyl (C=O) groups is 1. The summed E-state index contributed by atoms with van der Waals surface area (Å²) >= 11 is 5.90. The number of amides is 1. The van der Waals surface area contributed by atoms with Crippen molar-refractivity contribution >= 4 is 50.9 Å². The number of ether oxygens (including phenoxy) is 2. The van der Waals surface area contributed by atoms with E-state index in [4.69, 9.17) is 26.1 Å². The van der Waals surface area contributed by atoms with Gasteiger partial charge in [-0.1, -0.05) is 36.4 Å². The first-order valence-electron chi connectivity index (χ1n) is 18.7. The summed E-state index contributed by atoms with van der Waals surface area (Å²) in [5, 5.41) is 8.06. The standard InChI is InChI=1S/C25H31N5O2.C16H20ClN3O/c1-17(2)30-13-11-21(12-14-30)32-22-6-4-5-19-16-27-25(29-24(19)22)28-20-9-7-18(8-10-20)15-23(31)26-3;1-11(2)20-8-6-13(7-9-20)21-14-5-3-4-12-10-18-16(17)19-15(12)14/h4-10,16-17,21H,11-15H2,1-3H3,(H,26,31)(H,27,28,29);3-5,10-11,13H,6-9H2,1-2H3. The molecular weight excluding hydrogens is 688 g/mol. The second-order valence-electron chi connectivity index (χ2n) is 14.3. The Morgan fingerprint density at radius 2 is 1.26 bits per heavy atom. The van der Waals surface area contributed by atoms with E-state index < -0.39 is 0 Å². The summed E-state index contributed by atoms with van der Waals surface area (Å²) in [6.45, 7) is 13.3. The first-order valence-corrected chi connectivity index (χ1v) is 19.1. The topological polar surface area (TPSA) is 118 Å². The normalized spacial score (nSPS) is 16.1. The molecule has 2 aliphatic heterocycles. The highest BCUT2D eigenvalue weighted by Crippen LogP contribution is 2.29. The Labute approximate surface area is 317 Å². The largest absolute Gasteiger partial charge is 0.488 e. The van der Waals surface area contributed by atoms with Crippen molar-refractivity contribution in [2.45, 2.75) is 84.1 Å². The van der Waals surface area contributed by atoms with Crippen LogP contribution in [0.3, 0.4) is 0 Å². The maximum absolute atomic E-state index is 11.5. The molecule has 0 saturated carbocycles. The lowest BCUT2D eigenvalue weighted by Crippen LogP contribution is -2.41. The fourth-order valence-corrected chi connectivity index (χ4v) is 6.91. The monoisotopic (exact) mass is 738 g/mol. The van der Waals surface area contributed by atoms with E-state index in [1.807, 2.05) is 66.9 Å². The zero-order valence-electron chi connectivity index (χ0n) is 31.4. The van der Waals surface area contributed by atoms with Crippen LogP contribution in [0, 0.1) is 0 Å². The third-order valence-corrected chi connectivity index (χ3v) is 10.2. The number of aromatic nitrogens is 4. The number of likely N-dealkylation sites (tertiary alicyclic amines) is 2. The zero-order chi connectivity index (χ0) is 37.3. The van der Waals surface area contributed by atoms with E-state index >= 15 is 0 Å². The average Bonchev–Trinajstić information content (AvgIpc) is 3.17. The molecule has 0 radical (unpaired) electrons. The van der Waals surface area contributed by atoms with Crippen molar-refractivity contribution in [3.05, 3.63) is 83.9 Å². The fraction of sp³-hybridized carbons (Fsp3) is 0.439. The molecule has 0 bridgehead atoms. The predicted molar refractivity (Wildman–Crippen MR) is 212 cm³/mol. The van der Waals surface area contributed by atoms with E-state index in [0.717, 1.165) is 96.4 Å². The molecule has 3 aromatic carbocycles. The van der Waals surface area contributed by atoms with Gasteiger partial charge < -0.3 is 29.9 Å². The van der Waals surface area contributed by atoms with Crippen molar-refractivity contribution in [1.29, 1.82) is 0 Å². The highest BCUT2D eigenvalue weighted by Gasteiger charge is 2.24. The molecule has 1 amide bonds. The number of piperidine rings is 2. The minimum atomic E-state index is -0.00835. The van der Waals surface area contributed by atoms with Gasteiger partial charge in [-0.3, -0.25) is 4.79 Å². The van der Waals surface area contributed by atoms with Gasteiger partial charge in [0, 0.05) is 74.2 Å². The lowest BCUT2D eigenvalue weighted by atomic mass is 10.1. The Kier molecular flexibility index (Phi) is 12.9. The number of hydrogen-bond donors (Lipinski definition) is 2. The Morgan fingerprint density at radius 3 is 1.77 bits per heavy atom. The quantitative estimate of drug-likeness (QED) is 0.140. The van der Waals surface area contributed by atoms with Crippen LogP contribution in [0.25, 0.3) is 21.8 Å². The van der Waals surface area contributed by atoms with Crippen molar-refractivity contribution in [1.82, 2.24) is 35.1 Å². The number of benzene rings is 3. The van der Waals surface area contributed by atoms with Crippen LogP contribution in [0.15, 0.2) is 73.1 Å². The van der Waals surface area contributed by atoms with Crippen molar-refractivity contribution in [2.24, 2.45) is 0 Å². The molecule has 12 heteroatoms.